The molecule has 3 rings (SSSR count). The van der Waals surface area contributed by atoms with Crippen molar-refractivity contribution in [2.24, 2.45) is 0 Å². The summed E-state index contributed by atoms with van der Waals surface area (Å²) in [7, 11) is 1.66. The fourth-order valence-electron chi connectivity index (χ4n) is 2.24. The predicted molar refractivity (Wildman–Crippen MR) is 110 cm³/mol. The van der Waals surface area contributed by atoms with E-state index < -0.39 is 0 Å². The summed E-state index contributed by atoms with van der Waals surface area (Å²) in [6.45, 7) is 6.23. The molecule has 0 aliphatic carbocycles. The summed E-state index contributed by atoms with van der Waals surface area (Å²) in [5, 5.41) is 10.5. The van der Waals surface area contributed by atoms with Crippen molar-refractivity contribution < 1.29 is 4.74 Å². The zero-order chi connectivity index (χ0) is 17.1. The zero-order valence-corrected chi connectivity index (χ0v) is 16.9. The summed E-state index contributed by atoms with van der Waals surface area (Å²) >= 11 is 3.21. The first-order valence-corrected chi connectivity index (χ1v) is 9.36. The highest BCUT2D eigenvalue weighted by Gasteiger charge is 2.14. The van der Waals surface area contributed by atoms with E-state index in [1.54, 1.807) is 29.8 Å². The fraction of sp³-hybridized carbons (Fsp3) is 0.294. The SMILES string of the molecule is COc1ccccc1Nc1nc(-c2sc(NC(C)C)nc2C)cs1.Cl. The second kappa shape index (κ2) is 8.51. The minimum absolute atomic E-state index is 0. The third-order valence-electron chi connectivity index (χ3n) is 3.29. The molecule has 0 fully saturated rings. The summed E-state index contributed by atoms with van der Waals surface area (Å²) < 4.78 is 5.37. The molecule has 2 N–H and O–H groups in total. The van der Waals surface area contributed by atoms with Gasteiger partial charge < -0.3 is 15.4 Å². The molecule has 0 aliphatic rings. The van der Waals surface area contributed by atoms with E-state index in [-0.39, 0.29) is 12.4 Å². The van der Waals surface area contributed by atoms with Crippen molar-refractivity contribution in [2.75, 3.05) is 17.7 Å². The second-order valence-corrected chi connectivity index (χ2v) is 7.45. The van der Waals surface area contributed by atoms with Gasteiger partial charge in [-0.1, -0.05) is 23.5 Å². The van der Waals surface area contributed by atoms with Crippen LogP contribution < -0.4 is 15.4 Å². The van der Waals surface area contributed by atoms with Crippen molar-refractivity contribution >= 4 is 51.0 Å². The molecule has 1 aromatic carbocycles. The highest BCUT2D eigenvalue weighted by atomic mass is 35.5. The minimum Gasteiger partial charge on any atom is -0.495 e. The molecular formula is C17H21ClN4OS2. The number of hydrogen-bond acceptors (Lipinski definition) is 7. The Labute approximate surface area is 161 Å². The summed E-state index contributed by atoms with van der Waals surface area (Å²) in [6.07, 6.45) is 0. The van der Waals surface area contributed by atoms with Crippen molar-refractivity contribution in [2.45, 2.75) is 26.8 Å². The lowest BCUT2D eigenvalue weighted by molar-refractivity contribution is 0.417. The summed E-state index contributed by atoms with van der Waals surface area (Å²) in [4.78, 5) is 10.4. The van der Waals surface area contributed by atoms with Crippen LogP contribution in [0.5, 0.6) is 5.75 Å². The van der Waals surface area contributed by atoms with E-state index in [2.05, 4.69) is 34.8 Å². The molecule has 0 saturated carbocycles. The van der Waals surface area contributed by atoms with Crippen molar-refractivity contribution in [3.8, 4) is 16.3 Å². The minimum atomic E-state index is 0. The lowest BCUT2D eigenvalue weighted by Gasteiger charge is -2.07. The van der Waals surface area contributed by atoms with E-state index in [1.807, 2.05) is 31.2 Å². The van der Waals surface area contributed by atoms with Crippen LogP contribution in [0.2, 0.25) is 0 Å². The number of hydrogen-bond donors (Lipinski definition) is 2. The number of rotatable bonds is 6. The molecule has 0 spiro atoms. The van der Waals surface area contributed by atoms with Gasteiger partial charge in [0.25, 0.3) is 0 Å². The van der Waals surface area contributed by atoms with E-state index in [0.29, 0.717) is 6.04 Å². The van der Waals surface area contributed by atoms with Gasteiger partial charge in [0.2, 0.25) is 0 Å². The lowest BCUT2D eigenvalue weighted by atomic mass is 10.3. The number of thiazole rings is 2. The molecule has 0 amide bonds. The number of ether oxygens (including phenoxy) is 1. The first-order chi connectivity index (χ1) is 11.6. The molecule has 0 aliphatic heterocycles. The van der Waals surface area contributed by atoms with Gasteiger partial charge in [-0.3, -0.25) is 0 Å². The third kappa shape index (κ3) is 4.62. The molecule has 0 atom stereocenters. The van der Waals surface area contributed by atoms with E-state index in [0.717, 1.165) is 38.0 Å². The van der Waals surface area contributed by atoms with Crippen LogP contribution in [0.25, 0.3) is 10.6 Å². The summed E-state index contributed by atoms with van der Waals surface area (Å²) in [5.41, 5.74) is 2.85. The summed E-state index contributed by atoms with van der Waals surface area (Å²) in [6, 6.07) is 8.18. The number of benzene rings is 1. The van der Waals surface area contributed by atoms with Gasteiger partial charge in [-0.05, 0) is 32.9 Å². The molecule has 2 heterocycles. The number of nitrogens with zero attached hydrogens (tertiary/aromatic N) is 2. The average Bonchev–Trinajstić information content (AvgIpc) is 3.14. The van der Waals surface area contributed by atoms with Crippen LogP contribution in [-0.2, 0) is 0 Å². The highest BCUT2D eigenvalue weighted by Crippen LogP contribution is 2.36. The standard InChI is InChI=1S/C17H20N4OS2.ClH/c1-10(2)18-17-19-11(3)15(24-17)13-9-23-16(21-13)20-12-7-5-6-8-14(12)22-4;/h5-10H,1-4H3,(H,18,19)(H,20,21);1H. The molecule has 25 heavy (non-hydrogen) atoms. The Balaban J connectivity index is 0.00000225. The molecule has 0 saturated heterocycles. The highest BCUT2D eigenvalue weighted by molar-refractivity contribution is 7.19. The van der Waals surface area contributed by atoms with Gasteiger partial charge >= 0.3 is 0 Å². The van der Waals surface area contributed by atoms with E-state index >= 15 is 0 Å². The Morgan fingerprint density at radius 3 is 2.60 bits per heavy atom. The number of aromatic nitrogens is 2. The van der Waals surface area contributed by atoms with Gasteiger partial charge in [-0.2, -0.15) is 0 Å². The van der Waals surface area contributed by atoms with Crippen LogP contribution in [0.4, 0.5) is 16.0 Å². The van der Waals surface area contributed by atoms with Crippen LogP contribution in [0.15, 0.2) is 29.6 Å². The Morgan fingerprint density at radius 1 is 1.12 bits per heavy atom. The van der Waals surface area contributed by atoms with Gasteiger partial charge in [0.15, 0.2) is 10.3 Å². The first kappa shape index (κ1) is 19.5. The van der Waals surface area contributed by atoms with Gasteiger partial charge in [0.1, 0.15) is 5.75 Å². The molecule has 3 aromatic rings. The largest absolute Gasteiger partial charge is 0.495 e. The normalized spacial score (nSPS) is 10.4. The maximum atomic E-state index is 5.37. The molecule has 8 heteroatoms. The average molecular weight is 397 g/mol. The van der Waals surface area contributed by atoms with Gasteiger partial charge in [-0.15, -0.1) is 23.7 Å². The Morgan fingerprint density at radius 2 is 1.88 bits per heavy atom. The number of nitrogens with one attached hydrogen (secondary N) is 2. The van der Waals surface area contributed by atoms with E-state index in [1.165, 1.54) is 0 Å². The fourth-order valence-corrected chi connectivity index (χ4v) is 4.10. The number of anilines is 3. The number of para-hydroxylation sites is 2. The Kier molecular flexibility index (Phi) is 6.64. The summed E-state index contributed by atoms with van der Waals surface area (Å²) in [5.74, 6) is 0.798. The number of halogens is 1. The second-order valence-electron chi connectivity index (χ2n) is 5.60. The van der Waals surface area contributed by atoms with Crippen molar-refractivity contribution in [3.63, 3.8) is 0 Å². The molecule has 5 nitrogen and oxygen atoms in total. The lowest BCUT2D eigenvalue weighted by Crippen LogP contribution is -2.08. The van der Waals surface area contributed by atoms with Crippen LogP contribution in [0.1, 0.15) is 19.5 Å². The van der Waals surface area contributed by atoms with Crippen LogP contribution >= 0.6 is 35.1 Å². The predicted octanol–water partition coefficient (Wildman–Crippen LogP) is 5.57. The molecular weight excluding hydrogens is 376 g/mol. The molecule has 0 radical (unpaired) electrons. The zero-order valence-electron chi connectivity index (χ0n) is 14.5. The van der Waals surface area contributed by atoms with Gasteiger partial charge in [0.05, 0.1) is 29.1 Å². The Hall–Kier alpha value is -1.83. The monoisotopic (exact) mass is 396 g/mol. The van der Waals surface area contributed by atoms with Crippen molar-refractivity contribution in [3.05, 3.63) is 35.3 Å². The van der Waals surface area contributed by atoms with Gasteiger partial charge in [0, 0.05) is 11.4 Å². The molecule has 2 aromatic heterocycles. The Bertz CT molecular complexity index is 832. The third-order valence-corrected chi connectivity index (χ3v) is 5.16. The maximum absolute atomic E-state index is 5.37. The van der Waals surface area contributed by atoms with E-state index in [9.17, 15) is 0 Å². The van der Waals surface area contributed by atoms with Crippen LogP contribution in [0.3, 0.4) is 0 Å². The molecule has 0 bridgehead atoms. The first-order valence-electron chi connectivity index (χ1n) is 7.66. The number of methoxy groups -OCH3 is 1. The van der Waals surface area contributed by atoms with Crippen molar-refractivity contribution in [1.29, 1.82) is 0 Å². The van der Waals surface area contributed by atoms with Crippen molar-refractivity contribution in [1.82, 2.24) is 9.97 Å². The molecule has 0 unspecified atom stereocenters. The van der Waals surface area contributed by atoms with Gasteiger partial charge in [-0.25, -0.2) is 9.97 Å². The van der Waals surface area contributed by atoms with E-state index in [4.69, 9.17) is 9.72 Å². The van der Waals surface area contributed by atoms with Crippen LogP contribution in [0, 0.1) is 6.92 Å². The topological polar surface area (TPSA) is 59.1 Å². The van der Waals surface area contributed by atoms with Crippen LogP contribution in [-0.4, -0.2) is 23.1 Å². The quantitative estimate of drug-likeness (QED) is 0.570. The smallest absolute Gasteiger partial charge is 0.187 e. The number of aryl methyl sites for hydroxylation is 1. The molecule has 134 valence electrons. The maximum Gasteiger partial charge on any atom is 0.187 e.